The lowest BCUT2D eigenvalue weighted by Crippen LogP contribution is -2.47. The molecule has 2 aromatic heterocycles. The van der Waals surface area contributed by atoms with Crippen LogP contribution in [0.3, 0.4) is 0 Å². The van der Waals surface area contributed by atoms with Gasteiger partial charge in [-0.25, -0.2) is 15.0 Å². The summed E-state index contributed by atoms with van der Waals surface area (Å²) in [5, 5.41) is 2.85. The highest BCUT2D eigenvalue weighted by Gasteiger charge is 2.22. The maximum atomic E-state index is 12.0. The lowest BCUT2D eigenvalue weighted by atomic mass is 9.96. The number of piperazine rings is 1. The lowest BCUT2D eigenvalue weighted by molar-refractivity contribution is -0.123. The fourth-order valence-electron chi connectivity index (χ4n) is 2.57. The summed E-state index contributed by atoms with van der Waals surface area (Å²) in [6.07, 6.45) is 5.35. The minimum absolute atomic E-state index is 0.0378. The van der Waals surface area contributed by atoms with Crippen molar-refractivity contribution in [1.82, 2.24) is 15.0 Å². The number of amides is 1. The molecular formula is C18H24N6O. The van der Waals surface area contributed by atoms with E-state index in [1.807, 2.05) is 45.2 Å². The fourth-order valence-corrected chi connectivity index (χ4v) is 2.57. The summed E-state index contributed by atoms with van der Waals surface area (Å²) in [7, 11) is 0. The van der Waals surface area contributed by atoms with Crippen LogP contribution in [0, 0.1) is 5.41 Å². The molecule has 25 heavy (non-hydrogen) atoms. The highest BCUT2D eigenvalue weighted by atomic mass is 16.2. The van der Waals surface area contributed by atoms with Crippen LogP contribution in [0.2, 0.25) is 0 Å². The van der Waals surface area contributed by atoms with Crippen LogP contribution in [-0.4, -0.2) is 47.0 Å². The first-order chi connectivity index (χ1) is 11.9. The van der Waals surface area contributed by atoms with E-state index in [9.17, 15) is 4.79 Å². The highest BCUT2D eigenvalue weighted by molar-refractivity contribution is 5.93. The van der Waals surface area contributed by atoms with Crippen molar-refractivity contribution in [3.05, 3.63) is 36.8 Å². The highest BCUT2D eigenvalue weighted by Crippen LogP contribution is 2.20. The third-order valence-corrected chi connectivity index (χ3v) is 4.15. The van der Waals surface area contributed by atoms with Crippen molar-refractivity contribution in [3.8, 4) is 0 Å². The van der Waals surface area contributed by atoms with Crippen molar-refractivity contribution >= 4 is 23.4 Å². The van der Waals surface area contributed by atoms with Crippen molar-refractivity contribution in [1.29, 1.82) is 0 Å². The molecule has 0 aromatic carbocycles. The van der Waals surface area contributed by atoms with Crippen LogP contribution in [0.4, 0.5) is 17.5 Å². The van der Waals surface area contributed by atoms with E-state index in [-0.39, 0.29) is 5.91 Å². The van der Waals surface area contributed by atoms with Crippen LogP contribution in [0.25, 0.3) is 0 Å². The molecule has 0 spiro atoms. The standard InChI is InChI=1S/C18H24N6O/c1-18(2,3)16(25)22-15-6-5-14(13-21-15)23-9-11-24(12-10-23)17-19-7-4-8-20-17/h4-8,13H,9-12H2,1-3H3,(H,21,22,25). The Labute approximate surface area is 148 Å². The molecule has 132 valence electrons. The van der Waals surface area contributed by atoms with Crippen molar-refractivity contribution in [3.63, 3.8) is 0 Å². The van der Waals surface area contributed by atoms with Gasteiger partial charge in [-0.05, 0) is 18.2 Å². The van der Waals surface area contributed by atoms with Gasteiger partial charge in [-0.2, -0.15) is 0 Å². The average molecular weight is 340 g/mol. The van der Waals surface area contributed by atoms with Crippen LogP contribution in [0.15, 0.2) is 36.8 Å². The van der Waals surface area contributed by atoms with E-state index < -0.39 is 5.41 Å². The Hall–Kier alpha value is -2.70. The van der Waals surface area contributed by atoms with E-state index >= 15 is 0 Å². The number of carbonyl (C=O) groups excluding carboxylic acids is 1. The number of hydrogen-bond donors (Lipinski definition) is 1. The molecule has 1 fully saturated rings. The van der Waals surface area contributed by atoms with E-state index in [1.165, 1.54) is 0 Å². The summed E-state index contributed by atoms with van der Waals surface area (Å²) >= 11 is 0. The Bertz CT molecular complexity index is 703. The van der Waals surface area contributed by atoms with Gasteiger partial charge in [0.25, 0.3) is 0 Å². The van der Waals surface area contributed by atoms with Gasteiger partial charge in [-0.3, -0.25) is 4.79 Å². The molecule has 2 aromatic rings. The van der Waals surface area contributed by atoms with Crippen molar-refractivity contribution in [2.45, 2.75) is 20.8 Å². The predicted octanol–water partition coefficient (Wildman–Crippen LogP) is 2.18. The SMILES string of the molecule is CC(C)(C)C(=O)Nc1ccc(N2CCN(c3ncccn3)CC2)cn1. The Balaban J connectivity index is 1.58. The number of anilines is 3. The van der Waals surface area contributed by atoms with Crippen LogP contribution < -0.4 is 15.1 Å². The number of nitrogens with zero attached hydrogens (tertiary/aromatic N) is 5. The molecule has 1 N–H and O–H groups in total. The molecule has 3 rings (SSSR count). The van der Waals surface area contributed by atoms with E-state index in [2.05, 4.69) is 30.1 Å². The molecule has 0 saturated carbocycles. The topological polar surface area (TPSA) is 74.2 Å². The number of pyridine rings is 1. The normalized spacial score (nSPS) is 15.2. The smallest absolute Gasteiger partial charge is 0.230 e. The van der Waals surface area contributed by atoms with Gasteiger partial charge in [0.1, 0.15) is 5.82 Å². The van der Waals surface area contributed by atoms with Gasteiger partial charge in [0.2, 0.25) is 11.9 Å². The molecule has 1 aliphatic heterocycles. The summed E-state index contributed by atoms with van der Waals surface area (Å²) in [6, 6.07) is 5.68. The third kappa shape index (κ3) is 4.23. The monoisotopic (exact) mass is 340 g/mol. The quantitative estimate of drug-likeness (QED) is 0.923. The fraction of sp³-hybridized carbons (Fsp3) is 0.444. The third-order valence-electron chi connectivity index (χ3n) is 4.15. The molecule has 0 atom stereocenters. The van der Waals surface area contributed by atoms with Crippen LogP contribution in [0.5, 0.6) is 0 Å². The van der Waals surface area contributed by atoms with Crippen LogP contribution in [0.1, 0.15) is 20.8 Å². The number of carbonyl (C=O) groups is 1. The zero-order valence-corrected chi connectivity index (χ0v) is 14.9. The maximum absolute atomic E-state index is 12.0. The zero-order valence-electron chi connectivity index (χ0n) is 14.9. The summed E-state index contributed by atoms with van der Waals surface area (Å²) in [5.41, 5.74) is 0.623. The largest absolute Gasteiger partial charge is 0.367 e. The average Bonchev–Trinajstić information content (AvgIpc) is 2.62. The Kier molecular flexibility index (Phi) is 4.83. The molecule has 0 aliphatic carbocycles. The zero-order chi connectivity index (χ0) is 17.9. The Morgan fingerprint density at radius 1 is 1.00 bits per heavy atom. The Morgan fingerprint density at radius 2 is 1.64 bits per heavy atom. The second-order valence-corrected chi connectivity index (χ2v) is 7.13. The first kappa shape index (κ1) is 17.1. The molecule has 1 saturated heterocycles. The van der Waals surface area contributed by atoms with Crippen molar-refractivity contribution in [2.24, 2.45) is 5.41 Å². The van der Waals surface area contributed by atoms with Gasteiger partial charge in [0.15, 0.2) is 0 Å². The van der Waals surface area contributed by atoms with E-state index in [1.54, 1.807) is 12.4 Å². The number of hydrogen-bond acceptors (Lipinski definition) is 6. The molecule has 1 aliphatic rings. The van der Waals surface area contributed by atoms with Gasteiger partial charge in [-0.1, -0.05) is 20.8 Å². The van der Waals surface area contributed by atoms with Gasteiger partial charge >= 0.3 is 0 Å². The summed E-state index contributed by atoms with van der Waals surface area (Å²) in [6.45, 7) is 9.15. The number of rotatable bonds is 3. The summed E-state index contributed by atoms with van der Waals surface area (Å²) < 4.78 is 0. The predicted molar refractivity (Wildman–Crippen MR) is 98.8 cm³/mol. The van der Waals surface area contributed by atoms with Gasteiger partial charge < -0.3 is 15.1 Å². The summed E-state index contributed by atoms with van der Waals surface area (Å²) in [4.78, 5) is 29.5. The molecular weight excluding hydrogens is 316 g/mol. The summed E-state index contributed by atoms with van der Waals surface area (Å²) in [5.74, 6) is 1.32. The molecule has 0 radical (unpaired) electrons. The minimum atomic E-state index is -0.434. The van der Waals surface area contributed by atoms with Gasteiger partial charge in [0, 0.05) is 44.0 Å². The first-order valence-corrected chi connectivity index (χ1v) is 8.48. The van der Waals surface area contributed by atoms with E-state index in [0.29, 0.717) is 5.82 Å². The van der Waals surface area contributed by atoms with Gasteiger partial charge in [-0.15, -0.1) is 0 Å². The molecule has 1 amide bonds. The molecule has 3 heterocycles. The molecule has 7 heteroatoms. The van der Waals surface area contributed by atoms with Crippen molar-refractivity contribution < 1.29 is 4.79 Å². The van der Waals surface area contributed by atoms with Crippen LogP contribution in [-0.2, 0) is 4.79 Å². The number of nitrogens with one attached hydrogen (secondary N) is 1. The molecule has 0 unspecified atom stereocenters. The van der Waals surface area contributed by atoms with E-state index in [4.69, 9.17) is 0 Å². The van der Waals surface area contributed by atoms with Crippen molar-refractivity contribution in [2.75, 3.05) is 41.3 Å². The Morgan fingerprint density at radius 3 is 2.20 bits per heavy atom. The molecule has 7 nitrogen and oxygen atoms in total. The number of aromatic nitrogens is 3. The van der Waals surface area contributed by atoms with Crippen LogP contribution >= 0.6 is 0 Å². The first-order valence-electron chi connectivity index (χ1n) is 8.48. The second kappa shape index (κ2) is 7.04. The molecule has 0 bridgehead atoms. The second-order valence-electron chi connectivity index (χ2n) is 7.13. The minimum Gasteiger partial charge on any atom is -0.367 e. The van der Waals surface area contributed by atoms with Gasteiger partial charge in [0.05, 0.1) is 11.9 Å². The van der Waals surface area contributed by atoms with E-state index in [0.717, 1.165) is 37.8 Å². The maximum Gasteiger partial charge on any atom is 0.230 e. The lowest BCUT2D eigenvalue weighted by Gasteiger charge is -2.35.